The van der Waals surface area contributed by atoms with Gasteiger partial charge in [-0.1, -0.05) is 23.7 Å². The van der Waals surface area contributed by atoms with Crippen molar-refractivity contribution in [2.24, 2.45) is 5.73 Å². The average Bonchev–Trinajstić information content (AvgIpc) is 2.90. The van der Waals surface area contributed by atoms with Gasteiger partial charge in [-0.05, 0) is 12.5 Å². The van der Waals surface area contributed by atoms with Gasteiger partial charge in [0.05, 0.1) is 9.92 Å². The van der Waals surface area contributed by atoms with Gasteiger partial charge in [-0.3, -0.25) is 0 Å². The number of sulfonamides is 1. The van der Waals surface area contributed by atoms with Crippen LogP contribution in [-0.4, -0.2) is 36.8 Å². The highest BCUT2D eigenvalue weighted by molar-refractivity contribution is 7.89. The fourth-order valence-corrected chi connectivity index (χ4v) is 4.63. The number of hydrogen-bond acceptors (Lipinski definition) is 5. The molecule has 2 aromatic rings. The normalized spacial score (nSPS) is 20.2. The maximum atomic E-state index is 12.8. The molecular formula is C13H15ClN4O2S. The average molecular weight is 327 g/mol. The number of benzene rings is 1. The molecule has 6 nitrogen and oxygen atoms in total. The van der Waals surface area contributed by atoms with E-state index in [4.69, 9.17) is 23.1 Å². The van der Waals surface area contributed by atoms with Gasteiger partial charge in [-0.15, -0.1) is 0 Å². The van der Waals surface area contributed by atoms with Gasteiger partial charge in [0, 0.05) is 36.1 Å². The van der Waals surface area contributed by atoms with Crippen LogP contribution >= 0.6 is 11.6 Å². The van der Waals surface area contributed by atoms with Crippen molar-refractivity contribution in [3.63, 3.8) is 0 Å². The third-order valence-electron chi connectivity index (χ3n) is 3.66. The molecule has 21 heavy (non-hydrogen) atoms. The van der Waals surface area contributed by atoms with Gasteiger partial charge >= 0.3 is 0 Å². The number of nitrogens with zero attached hydrogens (tertiary/aromatic N) is 2. The topological polar surface area (TPSA) is 102 Å². The highest BCUT2D eigenvalue weighted by Crippen LogP contribution is 2.34. The smallest absolute Gasteiger partial charge is 0.243 e. The predicted molar refractivity (Wildman–Crippen MR) is 82.5 cm³/mol. The molecule has 1 aliphatic heterocycles. The van der Waals surface area contributed by atoms with E-state index in [0.717, 1.165) is 0 Å². The molecule has 1 aromatic heterocycles. The number of rotatable bonds is 2. The first kappa shape index (κ1) is 14.5. The zero-order valence-corrected chi connectivity index (χ0v) is 12.7. The summed E-state index contributed by atoms with van der Waals surface area (Å²) in [6.07, 6.45) is 2.02. The van der Waals surface area contributed by atoms with Crippen LogP contribution in [0, 0.1) is 0 Å². The summed E-state index contributed by atoms with van der Waals surface area (Å²) in [6, 6.07) is 4.75. The molecule has 1 saturated heterocycles. The molecule has 4 N–H and O–H groups in total. The Balaban J connectivity index is 2.23. The Kier molecular flexibility index (Phi) is 3.53. The third-order valence-corrected chi connectivity index (χ3v) is 5.86. The van der Waals surface area contributed by atoms with Crippen LogP contribution in [0.2, 0.25) is 5.02 Å². The van der Waals surface area contributed by atoms with Crippen molar-refractivity contribution in [3.05, 3.63) is 29.4 Å². The summed E-state index contributed by atoms with van der Waals surface area (Å²) in [5.74, 6) is 0.254. The van der Waals surface area contributed by atoms with Crippen molar-refractivity contribution in [1.29, 1.82) is 0 Å². The minimum absolute atomic E-state index is 0.128. The first-order chi connectivity index (χ1) is 9.91. The lowest BCUT2D eigenvalue weighted by Gasteiger charge is -2.18. The number of pyridine rings is 1. The number of halogens is 1. The molecule has 1 unspecified atom stereocenters. The summed E-state index contributed by atoms with van der Waals surface area (Å²) < 4.78 is 27.0. The SMILES string of the molecule is Nc1ncc(Cl)c2c(S(=O)(=O)N3CCC(N)C3)cccc12. The lowest BCUT2D eigenvalue weighted by atomic mass is 10.1. The lowest BCUT2D eigenvalue weighted by molar-refractivity contribution is 0.473. The van der Waals surface area contributed by atoms with Gasteiger partial charge < -0.3 is 11.5 Å². The summed E-state index contributed by atoms with van der Waals surface area (Å²) in [7, 11) is -3.65. The summed E-state index contributed by atoms with van der Waals surface area (Å²) in [4.78, 5) is 4.10. The van der Waals surface area contributed by atoms with Crippen LogP contribution in [-0.2, 0) is 10.0 Å². The zero-order chi connectivity index (χ0) is 15.2. The van der Waals surface area contributed by atoms with Crippen molar-refractivity contribution < 1.29 is 8.42 Å². The van der Waals surface area contributed by atoms with Crippen molar-refractivity contribution in [3.8, 4) is 0 Å². The first-order valence-corrected chi connectivity index (χ1v) is 8.31. The lowest BCUT2D eigenvalue weighted by Crippen LogP contribution is -2.32. The second-order valence-corrected chi connectivity index (χ2v) is 7.40. The molecule has 3 rings (SSSR count). The molecular weight excluding hydrogens is 312 g/mol. The van der Waals surface area contributed by atoms with Gasteiger partial charge in [-0.25, -0.2) is 13.4 Å². The molecule has 112 valence electrons. The van der Waals surface area contributed by atoms with E-state index in [9.17, 15) is 8.42 Å². The summed E-state index contributed by atoms with van der Waals surface area (Å²) in [5.41, 5.74) is 11.6. The number of hydrogen-bond donors (Lipinski definition) is 2. The largest absolute Gasteiger partial charge is 0.383 e. The van der Waals surface area contributed by atoms with Crippen LogP contribution in [0.4, 0.5) is 5.82 Å². The van der Waals surface area contributed by atoms with Gasteiger partial charge in [0.2, 0.25) is 10.0 Å². The molecule has 0 aliphatic carbocycles. The molecule has 8 heteroatoms. The minimum Gasteiger partial charge on any atom is -0.383 e. The van der Waals surface area contributed by atoms with E-state index < -0.39 is 10.0 Å². The third kappa shape index (κ3) is 2.36. The second kappa shape index (κ2) is 5.10. The monoisotopic (exact) mass is 326 g/mol. The second-order valence-electron chi connectivity index (χ2n) is 5.08. The van der Waals surface area contributed by atoms with E-state index in [1.807, 2.05) is 0 Å². The fourth-order valence-electron chi connectivity index (χ4n) is 2.58. The molecule has 0 saturated carbocycles. The molecule has 0 amide bonds. The van der Waals surface area contributed by atoms with Crippen molar-refractivity contribution in [2.75, 3.05) is 18.8 Å². The van der Waals surface area contributed by atoms with Crippen LogP contribution in [0.1, 0.15) is 6.42 Å². The Bertz CT molecular complexity index is 809. The number of nitrogen functional groups attached to an aromatic ring is 1. The van der Waals surface area contributed by atoms with E-state index >= 15 is 0 Å². The zero-order valence-electron chi connectivity index (χ0n) is 11.2. The molecule has 0 radical (unpaired) electrons. The Hall–Kier alpha value is -1.41. The van der Waals surface area contributed by atoms with E-state index in [2.05, 4.69) is 4.98 Å². The Morgan fingerprint density at radius 1 is 1.38 bits per heavy atom. The highest BCUT2D eigenvalue weighted by atomic mass is 35.5. The highest BCUT2D eigenvalue weighted by Gasteiger charge is 2.32. The number of anilines is 1. The Morgan fingerprint density at radius 2 is 2.14 bits per heavy atom. The van der Waals surface area contributed by atoms with Crippen molar-refractivity contribution >= 4 is 38.2 Å². The minimum atomic E-state index is -3.65. The first-order valence-electron chi connectivity index (χ1n) is 6.49. The number of fused-ring (bicyclic) bond motifs is 1. The van der Waals surface area contributed by atoms with Gasteiger partial charge in [0.15, 0.2) is 0 Å². The summed E-state index contributed by atoms with van der Waals surface area (Å²) in [6.45, 7) is 0.731. The molecule has 0 bridgehead atoms. The fraction of sp³-hybridized carbons (Fsp3) is 0.308. The van der Waals surface area contributed by atoms with Crippen LogP contribution in [0.15, 0.2) is 29.3 Å². The molecule has 1 fully saturated rings. The van der Waals surface area contributed by atoms with Crippen molar-refractivity contribution in [1.82, 2.24) is 9.29 Å². The van der Waals surface area contributed by atoms with Crippen LogP contribution < -0.4 is 11.5 Å². The number of nitrogens with two attached hydrogens (primary N) is 2. The van der Waals surface area contributed by atoms with Gasteiger partial charge in [-0.2, -0.15) is 4.31 Å². The Labute approximate surface area is 127 Å². The maximum absolute atomic E-state index is 12.8. The summed E-state index contributed by atoms with van der Waals surface area (Å²) >= 11 is 6.15. The van der Waals surface area contributed by atoms with Crippen LogP contribution in [0.25, 0.3) is 10.8 Å². The van der Waals surface area contributed by atoms with Crippen LogP contribution in [0.5, 0.6) is 0 Å². The predicted octanol–water partition coefficient (Wildman–Crippen LogP) is 1.19. The summed E-state index contributed by atoms with van der Waals surface area (Å²) in [5, 5.41) is 1.21. The maximum Gasteiger partial charge on any atom is 0.243 e. The quantitative estimate of drug-likeness (QED) is 0.863. The molecule has 0 spiro atoms. The van der Waals surface area contributed by atoms with Crippen LogP contribution in [0.3, 0.4) is 0 Å². The molecule has 2 heterocycles. The molecule has 1 aromatic carbocycles. The van der Waals surface area contributed by atoms with Gasteiger partial charge in [0.1, 0.15) is 5.82 Å². The van der Waals surface area contributed by atoms with E-state index in [1.54, 1.807) is 12.1 Å². The standard InChI is InChI=1S/C13H15ClN4O2S/c14-10-6-17-13(16)9-2-1-3-11(12(9)10)21(19,20)18-5-4-8(15)7-18/h1-3,6,8H,4-5,7,15H2,(H2,16,17). The van der Waals surface area contributed by atoms with Crippen molar-refractivity contribution in [2.45, 2.75) is 17.4 Å². The van der Waals surface area contributed by atoms with E-state index in [1.165, 1.54) is 16.6 Å². The van der Waals surface area contributed by atoms with E-state index in [0.29, 0.717) is 30.3 Å². The number of aromatic nitrogens is 1. The van der Waals surface area contributed by atoms with E-state index in [-0.39, 0.29) is 21.8 Å². The molecule has 1 atom stereocenters. The molecule has 1 aliphatic rings. The Morgan fingerprint density at radius 3 is 2.81 bits per heavy atom. The van der Waals surface area contributed by atoms with Gasteiger partial charge in [0.25, 0.3) is 0 Å².